The first-order chi connectivity index (χ1) is 11.9. The van der Waals surface area contributed by atoms with Gasteiger partial charge in [-0.15, -0.1) is 6.58 Å². The molecular formula is C15H20N6O4. The summed E-state index contributed by atoms with van der Waals surface area (Å²) in [5.41, 5.74) is 1.82. The van der Waals surface area contributed by atoms with E-state index in [0.717, 1.165) is 0 Å². The zero-order valence-corrected chi connectivity index (χ0v) is 13.7. The molecule has 0 radical (unpaired) electrons. The van der Waals surface area contributed by atoms with Gasteiger partial charge < -0.3 is 4.74 Å². The smallest absolute Gasteiger partial charge is 0.350 e. The number of anilines is 1. The molecule has 0 heterocycles. The van der Waals surface area contributed by atoms with Crippen molar-refractivity contribution in [3.63, 3.8) is 0 Å². The van der Waals surface area contributed by atoms with Crippen molar-refractivity contribution in [1.29, 1.82) is 0 Å². The molecule has 1 aromatic carbocycles. The van der Waals surface area contributed by atoms with Crippen LogP contribution in [-0.4, -0.2) is 16.9 Å². The molecule has 0 aliphatic rings. The molecule has 1 rings (SSSR count). The maximum atomic E-state index is 11.6. The number of nitro groups is 1. The standard InChI is InChI=1S/C15H20N6O4/c1-3-4-5-9-18-11(2)25-10-12-13(20(17)15(22)19-16)7-6-8-14(12)21(23)24/h3,5-9H,1,4,10,16-17H2,2H3,(H,19,22). The number of nitro benzene ring substituents is 1. The van der Waals surface area contributed by atoms with Crippen LogP contribution in [0.4, 0.5) is 16.2 Å². The molecule has 0 spiro atoms. The lowest BCUT2D eigenvalue weighted by atomic mass is 10.1. The van der Waals surface area contributed by atoms with Crippen molar-refractivity contribution >= 4 is 23.3 Å². The number of carbonyl (C=O) groups is 1. The van der Waals surface area contributed by atoms with Gasteiger partial charge in [-0.3, -0.25) is 15.5 Å². The second-order valence-corrected chi connectivity index (χ2v) is 4.70. The molecule has 0 aromatic heterocycles. The molecule has 0 aliphatic carbocycles. The van der Waals surface area contributed by atoms with E-state index in [4.69, 9.17) is 16.4 Å². The van der Waals surface area contributed by atoms with Gasteiger partial charge in [0.05, 0.1) is 16.2 Å². The van der Waals surface area contributed by atoms with Crippen LogP contribution >= 0.6 is 0 Å². The number of hydrazine groups is 2. The van der Waals surface area contributed by atoms with Crippen LogP contribution in [0, 0.1) is 10.1 Å². The first-order valence-corrected chi connectivity index (χ1v) is 7.17. The van der Waals surface area contributed by atoms with Gasteiger partial charge in [-0.05, 0) is 12.5 Å². The van der Waals surface area contributed by atoms with Gasteiger partial charge in [0.2, 0.25) is 0 Å². The Hall–Kier alpha value is -3.24. The number of nitrogens with zero attached hydrogens (tertiary/aromatic N) is 3. The number of nitrogens with two attached hydrogens (primary N) is 2. The topological polar surface area (TPSA) is 149 Å². The predicted octanol–water partition coefficient (Wildman–Crippen LogP) is 1.88. The van der Waals surface area contributed by atoms with Gasteiger partial charge in [-0.1, -0.05) is 18.2 Å². The Kier molecular flexibility index (Phi) is 7.76. The summed E-state index contributed by atoms with van der Waals surface area (Å²) >= 11 is 0. The van der Waals surface area contributed by atoms with E-state index in [1.165, 1.54) is 24.4 Å². The van der Waals surface area contributed by atoms with Crippen molar-refractivity contribution < 1.29 is 14.5 Å². The number of urea groups is 1. The van der Waals surface area contributed by atoms with E-state index >= 15 is 0 Å². The Morgan fingerprint density at radius 1 is 1.56 bits per heavy atom. The monoisotopic (exact) mass is 348 g/mol. The van der Waals surface area contributed by atoms with Gasteiger partial charge in [0.25, 0.3) is 5.69 Å². The zero-order chi connectivity index (χ0) is 18.8. The van der Waals surface area contributed by atoms with Crippen molar-refractivity contribution in [3.8, 4) is 0 Å². The lowest BCUT2D eigenvalue weighted by Crippen LogP contribution is -2.48. The molecule has 2 amide bonds. The Balaban J connectivity index is 3.08. The molecule has 5 N–H and O–H groups in total. The van der Waals surface area contributed by atoms with Gasteiger partial charge in [-0.2, -0.15) is 0 Å². The fourth-order valence-corrected chi connectivity index (χ4v) is 1.82. The molecule has 0 aliphatic heterocycles. The normalized spacial score (nSPS) is 11.2. The van der Waals surface area contributed by atoms with Crippen LogP contribution in [0.25, 0.3) is 0 Å². The highest BCUT2D eigenvalue weighted by atomic mass is 16.6. The highest BCUT2D eigenvalue weighted by Gasteiger charge is 2.23. The first-order valence-electron chi connectivity index (χ1n) is 7.17. The number of nitrogens with one attached hydrogen (secondary N) is 1. The maximum absolute atomic E-state index is 11.6. The maximum Gasteiger partial charge on any atom is 0.350 e. The summed E-state index contributed by atoms with van der Waals surface area (Å²) in [6.07, 6.45) is 5.67. The lowest BCUT2D eigenvalue weighted by molar-refractivity contribution is -0.385. The fourth-order valence-electron chi connectivity index (χ4n) is 1.82. The average molecular weight is 348 g/mol. The van der Waals surface area contributed by atoms with Crippen LogP contribution in [0.1, 0.15) is 18.9 Å². The summed E-state index contributed by atoms with van der Waals surface area (Å²) < 4.78 is 5.43. The van der Waals surface area contributed by atoms with Crippen molar-refractivity contribution in [2.45, 2.75) is 20.0 Å². The number of aliphatic imine (C=N–C) groups is 1. The van der Waals surface area contributed by atoms with Gasteiger partial charge in [0, 0.05) is 19.2 Å². The quantitative estimate of drug-likeness (QED) is 0.130. The number of rotatable bonds is 7. The van der Waals surface area contributed by atoms with Crippen molar-refractivity contribution in [3.05, 3.63) is 58.8 Å². The number of allylic oxidation sites excluding steroid dienone is 2. The van der Waals surface area contributed by atoms with Crippen LogP contribution in [0.5, 0.6) is 0 Å². The molecule has 0 bridgehead atoms. The number of benzene rings is 1. The Labute approximate surface area is 144 Å². The van der Waals surface area contributed by atoms with E-state index in [2.05, 4.69) is 11.6 Å². The van der Waals surface area contributed by atoms with Crippen LogP contribution < -0.4 is 22.1 Å². The Bertz CT molecular complexity index is 701. The molecule has 1 aromatic rings. The van der Waals surface area contributed by atoms with E-state index in [1.807, 2.05) is 5.43 Å². The molecule has 0 fully saturated rings. The summed E-state index contributed by atoms with van der Waals surface area (Å²) in [5, 5.41) is 11.9. The number of hydrogen-bond acceptors (Lipinski definition) is 7. The minimum absolute atomic E-state index is 0.0900. The molecule has 0 unspecified atom stereocenters. The first kappa shape index (κ1) is 19.8. The second kappa shape index (κ2) is 9.80. The van der Waals surface area contributed by atoms with Gasteiger partial charge in [-0.25, -0.2) is 26.5 Å². The molecule has 0 atom stereocenters. The SMILES string of the molecule is C=CCC=CN=C(C)OCc1c(N(N)C(=O)NN)cccc1[N+](=O)[O-]. The summed E-state index contributed by atoms with van der Waals surface area (Å²) in [4.78, 5) is 26.3. The molecule has 0 saturated carbocycles. The molecule has 10 nitrogen and oxygen atoms in total. The average Bonchev–Trinajstić information content (AvgIpc) is 2.61. The lowest BCUT2D eigenvalue weighted by Gasteiger charge is -2.19. The highest BCUT2D eigenvalue weighted by molar-refractivity contribution is 5.91. The summed E-state index contributed by atoms with van der Waals surface area (Å²) in [5.74, 6) is 11.0. The number of ether oxygens (including phenoxy) is 1. The Morgan fingerprint density at radius 2 is 2.28 bits per heavy atom. The van der Waals surface area contributed by atoms with Crippen molar-refractivity contribution in [1.82, 2.24) is 5.43 Å². The van der Waals surface area contributed by atoms with E-state index in [9.17, 15) is 14.9 Å². The predicted molar refractivity (Wildman–Crippen MR) is 94.3 cm³/mol. The highest BCUT2D eigenvalue weighted by Crippen LogP contribution is 2.29. The minimum atomic E-state index is -0.834. The zero-order valence-electron chi connectivity index (χ0n) is 13.7. The van der Waals surface area contributed by atoms with Crippen LogP contribution in [-0.2, 0) is 11.3 Å². The number of amides is 2. The third-order valence-corrected chi connectivity index (χ3v) is 3.01. The van der Waals surface area contributed by atoms with Gasteiger partial charge >= 0.3 is 6.03 Å². The van der Waals surface area contributed by atoms with Crippen molar-refractivity contribution in [2.24, 2.45) is 16.7 Å². The van der Waals surface area contributed by atoms with E-state index in [0.29, 0.717) is 11.4 Å². The molecular weight excluding hydrogens is 328 g/mol. The van der Waals surface area contributed by atoms with Gasteiger partial charge in [0.1, 0.15) is 6.61 Å². The molecule has 10 heteroatoms. The van der Waals surface area contributed by atoms with Crippen LogP contribution in [0.2, 0.25) is 0 Å². The van der Waals surface area contributed by atoms with Crippen molar-refractivity contribution in [2.75, 3.05) is 5.01 Å². The summed E-state index contributed by atoms with van der Waals surface area (Å²) in [7, 11) is 0. The minimum Gasteiger partial charge on any atom is -0.476 e. The van der Waals surface area contributed by atoms with Gasteiger partial charge in [0.15, 0.2) is 5.90 Å². The molecule has 0 saturated heterocycles. The van der Waals surface area contributed by atoms with Crippen LogP contribution in [0.15, 0.2) is 48.1 Å². The number of carbonyl (C=O) groups excluding carboxylic acids is 1. The van der Waals surface area contributed by atoms with E-state index in [1.54, 1.807) is 19.1 Å². The number of hydrogen-bond donors (Lipinski definition) is 3. The summed E-state index contributed by atoms with van der Waals surface area (Å²) in [6, 6.07) is 3.30. The third kappa shape index (κ3) is 5.71. The summed E-state index contributed by atoms with van der Waals surface area (Å²) in [6.45, 7) is 4.97. The second-order valence-electron chi connectivity index (χ2n) is 4.70. The van der Waals surface area contributed by atoms with Crippen LogP contribution in [0.3, 0.4) is 0 Å². The molecule has 25 heavy (non-hydrogen) atoms. The van der Waals surface area contributed by atoms with E-state index < -0.39 is 11.0 Å². The third-order valence-electron chi connectivity index (χ3n) is 3.01. The largest absolute Gasteiger partial charge is 0.476 e. The molecule has 134 valence electrons. The fraction of sp³-hybridized carbons (Fsp3) is 0.200. The Morgan fingerprint density at radius 3 is 2.88 bits per heavy atom. The van der Waals surface area contributed by atoms with E-state index in [-0.39, 0.29) is 29.4 Å².